The average molecular weight is 568 g/mol. The molecule has 0 bridgehead atoms. The minimum absolute atomic E-state index is 0.0201. The minimum atomic E-state index is -0.628. The van der Waals surface area contributed by atoms with Gasteiger partial charge in [0.05, 0.1) is 33.9 Å². The first-order valence-corrected chi connectivity index (χ1v) is 14.1. The van der Waals surface area contributed by atoms with Gasteiger partial charge in [0, 0.05) is 29.8 Å². The Hall–Kier alpha value is -3.70. The van der Waals surface area contributed by atoms with E-state index < -0.39 is 12.1 Å². The number of rotatable bonds is 8. The Morgan fingerprint density at radius 3 is 2.49 bits per heavy atom. The maximum absolute atomic E-state index is 13.2. The Balaban J connectivity index is 1.39. The number of cyclic esters (lactones) is 1. The number of hydrogen-bond donors (Lipinski definition) is 1. The summed E-state index contributed by atoms with van der Waals surface area (Å²) in [5.74, 6) is 1.98. The van der Waals surface area contributed by atoms with Crippen molar-refractivity contribution in [3.63, 3.8) is 0 Å². The first kappa shape index (κ1) is 27.5. The number of carbonyl (C=O) groups excluding carboxylic acids is 2. The van der Waals surface area contributed by atoms with Crippen LogP contribution in [0.1, 0.15) is 64.0 Å². The second-order valence-electron chi connectivity index (χ2n) is 10.8. The second-order valence-corrected chi connectivity index (χ2v) is 10.8. The number of fused-ring (bicyclic) bond motifs is 3. The van der Waals surface area contributed by atoms with Gasteiger partial charge in [-0.1, -0.05) is 12.5 Å². The molecule has 0 aromatic heterocycles. The summed E-state index contributed by atoms with van der Waals surface area (Å²) >= 11 is 0. The number of benzene rings is 2. The topological polar surface area (TPSA) is 108 Å². The van der Waals surface area contributed by atoms with Gasteiger partial charge in [0.1, 0.15) is 11.7 Å². The maximum Gasteiger partial charge on any atom is 0.343 e. The number of methoxy groups -OCH3 is 3. The van der Waals surface area contributed by atoms with Crippen molar-refractivity contribution < 1.29 is 38.0 Å². The molecule has 1 N–H and O–H groups in total. The number of nitrogens with one attached hydrogen (secondary N) is 1. The summed E-state index contributed by atoms with van der Waals surface area (Å²) in [5, 5.41) is 3.12. The van der Waals surface area contributed by atoms with E-state index in [4.69, 9.17) is 28.4 Å². The first-order chi connectivity index (χ1) is 20.0. The number of ether oxygens (including phenoxy) is 6. The highest BCUT2D eigenvalue weighted by molar-refractivity contribution is 5.98. The minimum Gasteiger partial charge on any atom is -0.493 e. The van der Waals surface area contributed by atoms with E-state index in [9.17, 15) is 9.59 Å². The molecule has 11 nitrogen and oxygen atoms in total. The Morgan fingerprint density at radius 2 is 1.76 bits per heavy atom. The van der Waals surface area contributed by atoms with Gasteiger partial charge >= 0.3 is 5.97 Å². The number of hydrogen-bond acceptors (Lipinski definition) is 10. The Bertz CT molecular complexity index is 1360. The van der Waals surface area contributed by atoms with Crippen LogP contribution in [-0.4, -0.2) is 83.0 Å². The molecule has 2 aromatic carbocycles. The summed E-state index contributed by atoms with van der Waals surface area (Å²) in [6.07, 6.45) is 3.54. The van der Waals surface area contributed by atoms with Crippen molar-refractivity contribution in [1.29, 1.82) is 0 Å². The van der Waals surface area contributed by atoms with Crippen molar-refractivity contribution >= 4 is 11.9 Å². The van der Waals surface area contributed by atoms with Gasteiger partial charge in [-0.15, -0.1) is 0 Å². The quantitative estimate of drug-likeness (QED) is 0.479. The normalized spacial score (nSPS) is 21.6. The van der Waals surface area contributed by atoms with E-state index >= 15 is 0 Å². The van der Waals surface area contributed by atoms with Gasteiger partial charge in [0.25, 0.3) is 0 Å². The first-order valence-electron chi connectivity index (χ1n) is 14.1. The number of likely N-dealkylation sites (N-methyl/N-ethyl adjacent to an activating group) is 1. The highest BCUT2D eigenvalue weighted by Crippen LogP contribution is 2.56. The molecule has 4 aliphatic heterocycles. The third kappa shape index (κ3) is 4.70. The van der Waals surface area contributed by atoms with Crippen molar-refractivity contribution in [1.82, 2.24) is 15.1 Å². The van der Waals surface area contributed by atoms with E-state index in [-0.39, 0.29) is 18.7 Å². The highest BCUT2D eigenvalue weighted by atomic mass is 16.7. The van der Waals surface area contributed by atoms with Gasteiger partial charge in [-0.25, -0.2) is 4.79 Å². The summed E-state index contributed by atoms with van der Waals surface area (Å²) in [6.45, 7) is 3.33. The molecule has 0 saturated carbocycles. The van der Waals surface area contributed by atoms with Crippen LogP contribution < -0.4 is 29.0 Å². The van der Waals surface area contributed by atoms with Crippen LogP contribution in [0.25, 0.3) is 0 Å². The molecular formula is C30H37N3O8. The number of nitrogens with zero attached hydrogens (tertiary/aromatic N) is 2. The van der Waals surface area contributed by atoms with Gasteiger partial charge in [0.2, 0.25) is 18.4 Å². The molecular weight excluding hydrogens is 530 g/mol. The van der Waals surface area contributed by atoms with E-state index in [1.54, 1.807) is 13.2 Å². The molecule has 1 fully saturated rings. The fraction of sp³-hybridized carbons (Fsp3) is 0.533. The molecule has 11 heteroatoms. The Kier molecular flexibility index (Phi) is 7.56. The molecule has 0 aliphatic carbocycles. The standard InChI is InChI=1S/C30H37N3O8/c1-32-13-10-17-19(14-31-21(34)15-33-11-6-5-7-12-33)26-29(40-16-39-26)28(38-4)22(17)24(32)25-18-8-9-20(36-2)27(37-3)23(18)30(35)41-25/h8-9,24-25H,5-7,10-16H2,1-4H3,(H,31,34)/t24-,25-/m1/s1. The van der Waals surface area contributed by atoms with Crippen molar-refractivity contribution in [3.8, 4) is 28.7 Å². The summed E-state index contributed by atoms with van der Waals surface area (Å²) in [7, 11) is 6.65. The zero-order valence-electron chi connectivity index (χ0n) is 24.0. The second kappa shape index (κ2) is 11.3. The summed E-state index contributed by atoms with van der Waals surface area (Å²) in [5.41, 5.74) is 3.83. The van der Waals surface area contributed by atoms with E-state index in [1.165, 1.54) is 20.6 Å². The summed E-state index contributed by atoms with van der Waals surface area (Å²) in [4.78, 5) is 30.5. The molecule has 1 saturated heterocycles. The van der Waals surface area contributed by atoms with Crippen molar-refractivity contribution in [3.05, 3.63) is 39.9 Å². The van der Waals surface area contributed by atoms with Gasteiger partial charge in [0.15, 0.2) is 23.0 Å². The summed E-state index contributed by atoms with van der Waals surface area (Å²) in [6, 6.07) is 3.26. The van der Waals surface area contributed by atoms with E-state index in [0.29, 0.717) is 65.9 Å². The lowest BCUT2D eigenvalue weighted by molar-refractivity contribution is -0.122. The Labute approximate surface area is 239 Å². The molecule has 1 amide bonds. The van der Waals surface area contributed by atoms with E-state index in [2.05, 4.69) is 15.1 Å². The molecule has 0 radical (unpaired) electrons. The number of likely N-dealkylation sites (tertiary alicyclic amines) is 1. The zero-order valence-corrected chi connectivity index (χ0v) is 24.0. The van der Waals surface area contributed by atoms with Crippen LogP contribution in [0.3, 0.4) is 0 Å². The molecule has 2 atom stereocenters. The van der Waals surface area contributed by atoms with Gasteiger partial charge in [-0.2, -0.15) is 0 Å². The highest BCUT2D eigenvalue weighted by Gasteiger charge is 2.47. The fourth-order valence-corrected chi connectivity index (χ4v) is 6.67. The number of carbonyl (C=O) groups is 2. The number of piperidine rings is 1. The number of amides is 1. The lowest BCUT2D eigenvalue weighted by atomic mass is 9.83. The van der Waals surface area contributed by atoms with Crippen LogP contribution in [0.2, 0.25) is 0 Å². The zero-order chi connectivity index (χ0) is 28.7. The monoisotopic (exact) mass is 567 g/mol. The van der Waals surface area contributed by atoms with Crippen LogP contribution in [0.4, 0.5) is 0 Å². The van der Waals surface area contributed by atoms with Crippen LogP contribution >= 0.6 is 0 Å². The lowest BCUT2D eigenvalue weighted by Gasteiger charge is -2.39. The lowest BCUT2D eigenvalue weighted by Crippen LogP contribution is -2.40. The maximum atomic E-state index is 13.2. The molecule has 220 valence electrons. The molecule has 41 heavy (non-hydrogen) atoms. The molecule has 0 unspecified atom stereocenters. The van der Waals surface area contributed by atoms with E-state index in [0.717, 1.165) is 42.6 Å². The van der Waals surface area contributed by atoms with Gasteiger partial charge in [-0.3, -0.25) is 14.6 Å². The average Bonchev–Trinajstić information content (AvgIpc) is 3.60. The largest absolute Gasteiger partial charge is 0.493 e. The predicted molar refractivity (Wildman–Crippen MR) is 148 cm³/mol. The summed E-state index contributed by atoms with van der Waals surface area (Å²) < 4.78 is 34.9. The van der Waals surface area contributed by atoms with Crippen LogP contribution in [0.5, 0.6) is 28.7 Å². The van der Waals surface area contributed by atoms with Crippen molar-refractivity contribution in [2.45, 2.75) is 44.4 Å². The van der Waals surface area contributed by atoms with Crippen LogP contribution in [-0.2, 0) is 22.5 Å². The molecule has 4 aliphatic rings. The molecule has 0 spiro atoms. The van der Waals surface area contributed by atoms with Gasteiger partial charge < -0.3 is 33.7 Å². The van der Waals surface area contributed by atoms with E-state index in [1.807, 2.05) is 13.1 Å². The van der Waals surface area contributed by atoms with Crippen molar-refractivity contribution in [2.75, 3.05) is 61.3 Å². The third-order valence-electron chi connectivity index (χ3n) is 8.60. The third-order valence-corrected chi connectivity index (χ3v) is 8.60. The van der Waals surface area contributed by atoms with Crippen LogP contribution in [0.15, 0.2) is 12.1 Å². The molecule has 4 heterocycles. The number of esters is 1. The predicted octanol–water partition coefficient (Wildman–Crippen LogP) is 2.98. The fourth-order valence-electron chi connectivity index (χ4n) is 6.67. The van der Waals surface area contributed by atoms with Crippen LogP contribution in [0, 0.1) is 0 Å². The SMILES string of the molecule is COc1ccc2c(c1OC)C(=O)O[C@H]2[C@H]1c2c(c(CNC(=O)CN3CCCCC3)c3c(c2OC)OCO3)CCN1C. The smallest absolute Gasteiger partial charge is 0.343 e. The molecule has 6 rings (SSSR count). The van der Waals surface area contributed by atoms with Gasteiger partial charge in [-0.05, 0) is 51.0 Å². The Morgan fingerprint density at radius 1 is 1.00 bits per heavy atom. The molecule has 2 aromatic rings. The van der Waals surface area contributed by atoms with Crippen molar-refractivity contribution in [2.24, 2.45) is 0 Å².